The highest BCUT2D eigenvalue weighted by Crippen LogP contribution is 2.18. The molecule has 0 radical (unpaired) electrons. The minimum absolute atomic E-state index is 0.370. The van der Waals surface area contributed by atoms with E-state index in [0.717, 1.165) is 37.9 Å². The van der Waals surface area contributed by atoms with Crippen molar-refractivity contribution in [3.63, 3.8) is 0 Å². The summed E-state index contributed by atoms with van der Waals surface area (Å²) in [6.45, 7) is 9.07. The van der Waals surface area contributed by atoms with Gasteiger partial charge in [0.15, 0.2) is 0 Å². The van der Waals surface area contributed by atoms with Crippen LogP contribution in [0.5, 0.6) is 11.5 Å². The Morgan fingerprint density at radius 2 is 1.37 bits per heavy atom. The van der Waals surface area contributed by atoms with Crippen LogP contribution in [0, 0.1) is 5.92 Å². The number of carbonyl (C=O) groups excluding carboxylic acids is 2. The second-order valence-electron chi connectivity index (χ2n) is 8.92. The lowest BCUT2D eigenvalue weighted by Gasteiger charge is -2.10. The van der Waals surface area contributed by atoms with E-state index in [9.17, 15) is 9.59 Å². The molecule has 0 spiro atoms. The van der Waals surface area contributed by atoms with Crippen LogP contribution in [0.4, 0.5) is 0 Å². The van der Waals surface area contributed by atoms with Crippen LogP contribution < -0.4 is 9.47 Å². The van der Waals surface area contributed by atoms with Gasteiger partial charge in [0.2, 0.25) is 0 Å². The lowest BCUT2D eigenvalue weighted by molar-refractivity contribution is 0.0484. The zero-order valence-electron chi connectivity index (χ0n) is 21.3. The standard InChI is InChI=1S/C30H40O5/c1-4-6-7-8-9-10-11-12-22-33-27-17-13-26(14-18-27)30(32)35-28-19-15-25(16-20-28)29(31)34-23-21-24(3)5-2/h4,13-20,24H,1,5-12,21-23H2,2-3H3/t24-/m0/s1. The number of allylic oxidation sites excluding steroid dienone is 1. The summed E-state index contributed by atoms with van der Waals surface area (Å²) in [6.07, 6.45) is 12.2. The summed E-state index contributed by atoms with van der Waals surface area (Å²) >= 11 is 0. The smallest absolute Gasteiger partial charge is 0.343 e. The lowest BCUT2D eigenvalue weighted by atomic mass is 10.1. The zero-order chi connectivity index (χ0) is 25.3. The first-order chi connectivity index (χ1) is 17.0. The average Bonchev–Trinajstić information content (AvgIpc) is 2.88. The summed E-state index contributed by atoms with van der Waals surface area (Å²) in [7, 11) is 0. The lowest BCUT2D eigenvalue weighted by Crippen LogP contribution is -2.10. The summed E-state index contributed by atoms with van der Waals surface area (Å²) < 4.78 is 16.5. The third-order valence-corrected chi connectivity index (χ3v) is 6.00. The monoisotopic (exact) mass is 480 g/mol. The zero-order valence-corrected chi connectivity index (χ0v) is 21.3. The van der Waals surface area contributed by atoms with E-state index in [1.54, 1.807) is 48.5 Å². The number of hydrogen-bond acceptors (Lipinski definition) is 5. The molecular formula is C30H40O5. The Kier molecular flexibility index (Phi) is 13.3. The normalized spacial score (nSPS) is 11.5. The molecule has 0 aromatic heterocycles. The van der Waals surface area contributed by atoms with Crippen LogP contribution >= 0.6 is 0 Å². The molecule has 0 N–H and O–H groups in total. The molecule has 0 aliphatic rings. The van der Waals surface area contributed by atoms with Gasteiger partial charge >= 0.3 is 11.9 Å². The second kappa shape index (κ2) is 16.5. The molecule has 2 aromatic rings. The summed E-state index contributed by atoms with van der Waals surface area (Å²) in [6, 6.07) is 13.4. The van der Waals surface area contributed by atoms with E-state index in [1.165, 1.54) is 25.7 Å². The molecule has 0 aliphatic heterocycles. The van der Waals surface area contributed by atoms with Crippen LogP contribution in [0.15, 0.2) is 61.2 Å². The molecule has 0 saturated carbocycles. The first-order valence-corrected chi connectivity index (χ1v) is 12.9. The number of benzene rings is 2. The van der Waals surface area contributed by atoms with E-state index in [2.05, 4.69) is 20.4 Å². The van der Waals surface area contributed by atoms with E-state index in [0.29, 0.717) is 36.0 Å². The highest BCUT2D eigenvalue weighted by molar-refractivity contribution is 5.92. The van der Waals surface area contributed by atoms with Gasteiger partial charge in [0, 0.05) is 0 Å². The molecule has 0 bridgehead atoms. The second-order valence-corrected chi connectivity index (χ2v) is 8.92. The maximum Gasteiger partial charge on any atom is 0.343 e. The number of unbranched alkanes of at least 4 members (excludes halogenated alkanes) is 6. The molecule has 35 heavy (non-hydrogen) atoms. The Morgan fingerprint density at radius 1 is 0.800 bits per heavy atom. The largest absolute Gasteiger partial charge is 0.494 e. The number of rotatable bonds is 17. The molecule has 5 heteroatoms. The van der Waals surface area contributed by atoms with Crippen molar-refractivity contribution in [3.8, 4) is 11.5 Å². The highest BCUT2D eigenvalue weighted by atomic mass is 16.5. The van der Waals surface area contributed by atoms with Gasteiger partial charge in [0.05, 0.1) is 24.3 Å². The number of esters is 2. The van der Waals surface area contributed by atoms with Crippen LogP contribution in [0.2, 0.25) is 0 Å². The predicted molar refractivity (Wildman–Crippen MR) is 140 cm³/mol. The fourth-order valence-electron chi connectivity index (χ4n) is 3.44. The third-order valence-electron chi connectivity index (χ3n) is 6.00. The van der Waals surface area contributed by atoms with Crippen LogP contribution in [0.1, 0.15) is 92.4 Å². The Bertz CT molecular complexity index is 886. The molecule has 1 atom stereocenters. The van der Waals surface area contributed by atoms with Crippen molar-refractivity contribution in [2.75, 3.05) is 13.2 Å². The first-order valence-electron chi connectivity index (χ1n) is 12.9. The van der Waals surface area contributed by atoms with Gasteiger partial charge in [-0.2, -0.15) is 0 Å². The number of hydrogen-bond donors (Lipinski definition) is 0. The van der Waals surface area contributed by atoms with Crippen LogP contribution in [-0.2, 0) is 4.74 Å². The van der Waals surface area contributed by atoms with Gasteiger partial charge in [0.1, 0.15) is 11.5 Å². The topological polar surface area (TPSA) is 61.8 Å². The fourth-order valence-corrected chi connectivity index (χ4v) is 3.44. The van der Waals surface area contributed by atoms with E-state index in [1.807, 2.05) is 6.08 Å². The average molecular weight is 481 g/mol. The van der Waals surface area contributed by atoms with Crippen molar-refractivity contribution < 1.29 is 23.8 Å². The molecule has 0 aliphatic carbocycles. The Morgan fingerprint density at radius 3 is 2.00 bits per heavy atom. The van der Waals surface area contributed by atoms with Gasteiger partial charge in [-0.05, 0) is 80.1 Å². The quantitative estimate of drug-likeness (QED) is 0.100. The maximum atomic E-state index is 12.4. The Labute approximate surface area is 210 Å². The molecule has 0 heterocycles. The van der Waals surface area contributed by atoms with E-state index >= 15 is 0 Å². The van der Waals surface area contributed by atoms with Crippen molar-refractivity contribution in [2.24, 2.45) is 5.92 Å². The molecule has 0 unspecified atom stereocenters. The third kappa shape index (κ3) is 11.3. The van der Waals surface area contributed by atoms with Crippen LogP contribution in [0.25, 0.3) is 0 Å². The molecule has 0 amide bonds. The number of ether oxygens (including phenoxy) is 3. The fraction of sp³-hybridized carbons (Fsp3) is 0.467. The highest BCUT2D eigenvalue weighted by Gasteiger charge is 2.12. The van der Waals surface area contributed by atoms with Gasteiger partial charge in [-0.15, -0.1) is 6.58 Å². The van der Waals surface area contributed by atoms with Gasteiger partial charge in [0.25, 0.3) is 0 Å². The molecule has 2 rings (SSSR count). The van der Waals surface area contributed by atoms with Crippen molar-refractivity contribution in [2.45, 2.75) is 71.6 Å². The summed E-state index contributed by atoms with van der Waals surface area (Å²) in [4.78, 5) is 24.6. The summed E-state index contributed by atoms with van der Waals surface area (Å²) in [5, 5.41) is 0. The molecule has 0 fully saturated rings. The summed E-state index contributed by atoms with van der Waals surface area (Å²) in [5.41, 5.74) is 0.869. The number of carbonyl (C=O) groups is 2. The van der Waals surface area contributed by atoms with Crippen molar-refractivity contribution in [1.29, 1.82) is 0 Å². The first kappa shape index (κ1) is 28.2. The van der Waals surface area contributed by atoms with E-state index in [-0.39, 0.29) is 5.97 Å². The van der Waals surface area contributed by atoms with Gasteiger partial charge in [-0.25, -0.2) is 9.59 Å². The SMILES string of the molecule is C=CCCCCCCCCOc1ccc(C(=O)Oc2ccc(C(=O)OCC[C@@H](C)CC)cc2)cc1. The van der Waals surface area contributed by atoms with Gasteiger partial charge < -0.3 is 14.2 Å². The molecule has 190 valence electrons. The van der Waals surface area contributed by atoms with Crippen molar-refractivity contribution >= 4 is 11.9 Å². The molecule has 5 nitrogen and oxygen atoms in total. The predicted octanol–water partition coefficient (Wildman–Crippen LogP) is 7.79. The minimum atomic E-state index is -0.461. The van der Waals surface area contributed by atoms with Crippen LogP contribution in [-0.4, -0.2) is 25.2 Å². The van der Waals surface area contributed by atoms with Gasteiger partial charge in [-0.3, -0.25) is 0 Å². The van der Waals surface area contributed by atoms with Crippen LogP contribution in [0.3, 0.4) is 0 Å². The Hall–Kier alpha value is -3.08. The van der Waals surface area contributed by atoms with Crippen molar-refractivity contribution in [1.82, 2.24) is 0 Å². The maximum absolute atomic E-state index is 12.4. The summed E-state index contributed by atoms with van der Waals surface area (Å²) in [5.74, 6) is 0.805. The van der Waals surface area contributed by atoms with Crippen molar-refractivity contribution in [3.05, 3.63) is 72.3 Å². The minimum Gasteiger partial charge on any atom is -0.494 e. The molecular weight excluding hydrogens is 440 g/mol. The molecule has 0 saturated heterocycles. The Balaban J connectivity index is 1.69. The van der Waals surface area contributed by atoms with Gasteiger partial charge in [-0.1, -0.05) is 52.0 Å². The van der Waals surface area contributed by atoms with E-state index < -0.39 is 5.97 Å². The molecule has 2 aromatic carbocycles. The van der Waals surface area contributed by atoms with E-state index in [4.69, 9.17) is 14.2 Å².